The normalized spacial score (nSPS) is 21.9. The Morgan fingerprint density at radius 1 is 1.00 bits per heavy atom. The van der Waals surface area contributed by atoms with Gasteiger partial charge in [0.05, 0.1) is 6.54 Å². The molecule has 27 heavy (non-hydrogen) atoms. The van der Waals surface area contributed by atoms with Crippen LogP contribution in [-0.2, 0) is 5.72 Å². The Labute approximate surface area is 173 Å². The summed E-state index contributed by atoms with van der Waals surface area (Å²) in [7, 11) is 0. The molecule has 1 unspecified atom stereocenters. The van der Waals surface area contributed by atoms with Crippen LogP contribution in [0.4, 0.5) is 5.69 Å². The van der Waals surface area contributed by atoms with Gasteiger partial charge in [0.2, 0.25) is 0 Å². The van der Waals surface area contributed by atoms with E-state index in [1.807, 2.05) is 0 Å². The van der Waals surface area contributed by atoms with Crippen molar-refractivity contribution in [2.75, 3.05) is 18.0 Å². The Hall–Kier alpha value is -1.65. The Balaban J connectivity index is 0.00000210. The van der Waals surface area contributed by atoms with Crippen molar-refractivity contribution < 1.29 is 26.7 Å². The van der Waals surface area contributed by atoms with Crippen molar-refractivity contribution in [1.29, 1.82) is 0 Å². The number of aryl methyl sites for hydroxylation is 3. The van der Waals surface area contributed by atoms with Gasteiger partial charge in [-0.1, -0.05) is 35.9 Å². The molecule has 3 nitrogen and oxygen atoms in total. The molecule has 2 aromatic carbocycles. The average Bonchev–Trinajstić information content (AvgIpc) is 2.91. The Bertz CT molecular complexity index is 905. The molecule has 0 aromatic heterocycles. The monoisotopic (exact) mass is 428 g/mol. The molecule has 2 aliphatic rings. The zero-order valence-electron chi connectivity index (χ0n) is 16.7. The molecule has 0 aliphatic carbocycles. The second kappa shape index (κ2) is 7.40. The molecule has 144 valence electrons. The maximum absolute atomic E-state index is 11.9. The Morgan fingerprint density at radius 3 is 2.52 bits per heavy atom. The maximum Gasteiger partial charge on any atom is 0.271 e. The number of aliphatic hydroxyl groups is 1. The average molecular weight is 429 g/mol. The van der Waals surface area contributed by atoms with Gasteiger partial charge in [0, 0.05) is 12.0 Å². The Kier molecular flexibility index (Phi) is 5.51. The van der Waals surface area contributed by atoms with E-state index in [2.05, 4.69) is 73.6 Å². The van der Waals surface area contributed by atoms with Crippen molar-refractivity contribution in [3.63, 3.8) is 0 Å². The third-order valence-electron chi connectivity index (χ3n) is 6.16. The molecule has 1 atom stereocenters. The van der Waals surface area contributed by atoms with Crippen molar-refractivity contribution >= 4 is 11.5 Å². The minimum absolute atomic E-state index is 0. The second-order valence-corrected chi connectivity index (χ2v) is 7.97. The first-order valence-corrected chi connectivity index (χ1v) is 9.69. The van der Waals surface area contributed by atoms with Crippen molar-refractivity contribution in [1.82, 2.24) is 0 Å². The minimum atomic E-state index is -0.955. The predicted octanol–water partition coefficient (Wildman–Crippen LogP) is 1.18. The molecule has 2 heterocycles. The largest absolute Gasteiger partial charge is 1.00 e. The van der Waals surface area contributed by atoms with Gasteiger partial charge < -0.3 is 22.1 Å². The van der Waals surface area contributed by atoms with Crippen molar-refractivity contribution in [3.05, 3.63) is 64.2 Å². The molecule has 0 radical (unpaired) electrons. The van der Waals surface area contributed by atoms with E-state index in [0.717, 1.165) is 24.9 Å². The highest BCUT2D eigenvalue weighted by atomic mass is 79.9. The molecule has 0 spiro atoms. The van der Waals surface area contributed by atoms with Gasteiger partial charge in [-0.05, 0) is 63.3 Å². The summed E-state index contributed by atoms with van der Waals surface area (Å²) in [5, 5.41) is 11.9. The number of halogens is 1. The standard InChI is InChI=1S/C23H29N2O.BrH/c1-16-11-12-20(18(3)14-16)23(26)15-24(22-10-5-6-13-25(22)23)21-9-7-8-17(2)19(21)4;/h7-9,11-12,14,26H,5-6,10,13,15H2,1-4H3;1H/q+1;/p-1. The highest BCUT2D eigenvalue weighted by Crippen LogP contribution is 2.38. The van der Waals surface area contributed by atoms with Crippen LogP contribution in [0.2, 0.25) is 0 Å². The number of amidine groups is 1. The van der Waals surface area contributed by atoms with Crippen LogP contribution in [0.3, 0.4) is 0 Å². The van der Waals surface area contributed by atoms with Gasteiger partial charge in [-0.15, -0.1) is 0 Å². The summed E-state index contributed by atoms with van der Waals surface area (Å²) in [4.78, 5) is 2.36. The van der Waals surface area contributed by atoms with Gasteiger partial charge in [-0.2, -0.15) is 0 Å². The van der Waals surface area contributed by atoms with Gasteiger partial charge in [0.25, 0.3) is 11.6 Å². The SMILES string of the molecule is Cc1ccc(C2(O)CN(c3cccc(C)c3C)C3=[N+]2CCCC3)c(C)c1.[Br-]. The molecule has 4 rings (SSSR count). The van der Waals surface area contributed by atoms with Gasteiger partial charge in [0.15, 0.2) is 6.54 Å². The fraction of sp³-hybridized carbons (Fsp3) is 0.435. The number of hydrogen-bond acceptors (Lipinski definition) is 2. The van der Waals surface area contributed by atoms with Gasteiger partial charge in [0.1, 0.15) is 5.69 Å². The molecule has 0 saturated carbocycles. The van der Waals surface area contributed by atoms with E-state index >= 15 is 0 Å². The fourth-order valence-corrected chi connectivity index (χ4v) is 4.64. The second-order valence-electron chi connectivity index (χ2n) is 7.97. The fourth-order valence-electron chi connectivity index (χ4n) is 4.64. The van der Waals surface area contributed by atoms with Crippen LogP contribution in [0.1, 0.15) is 47.1 Å². The van der Waals surface area contributed by atoms with E-state index in [1.54, 1.807) is 0 Å². The number of nitrogens with zero attached hydrogens (tertiary/aromatic N) is 2. The highest BCUT2D eigenvalue weighted by molar-refractivity contribution is 5.96. The first-order valence-electron chi connectivity index (χ1n) is 9.69. The lowest BCUT2D eigenvalue weighted by Crippen LogP contribution is -3.00. The predicted molar refractivity (Wildman–Crippen MR) is 107 cm³/mol. The van der Waals surface area contributed by atoms with Crippen molar-refractivity contribution in [2.45, 2.75) is 52.7 Å². The van der Waals surface area contributed by atoms with E-state index in [4.69, 9.17) is 0 Å². The zero-order chi connectivity index (χ0) is 18.5. The number of β-amino-alcohol motifs (C(OH)–C–C–N with tert-alkyl or cyclic N) is 1. The summed E-state index contributed by atoms with van der Waals surface area (Å²) < 4.78 is 2.26. The van der Waals surface area contributed by atoms with Crippen LogP contribution in [0.25, 0.3) is 0 Å². The maximum atomic E-state index is 11.9. The lowest BCUT2D eigenvalue weighted by molar-refractivity contribution is -0.661. The lowest BCUT2D eigenvalue weighted by Gasteiger charge is -2.26. The summed E-state index contributed by atoms with van der Waals surface area (Å²) in [5.74, 6) is 1.27. The number of benzene rings is 2. The summed E-state index contributed by atoms with van der Waals surface area (Å²) in [6.45, 7) is 10.1. The topological polar surface area (TPSA) is 26.5 Å². The molecule has 2 aliphatic heterocycles. The van der Waals surface area contributed by atoms with Crippen molar-refractivity contribution in [3.8, 4) is 0 Å². The molecular formula is C23H29BrN2O. The molecule has 0 bridgehead atoms. The van der Waals surface area contributed by atoms with E-state index in [9.17, 15) is 5.11 Å². The van der Waals surface area contributed by atoms with Crippen molar-refractivity contribution in [2.24, 2.45) is 0 Å². The van der Waals surface area contributed by atoms with Crippen LogP contribution >= 0.6 is 0 Å². The van der Waals surface area contributed by atoms with Gasteiger partial charge in [-0.25, -0.2) is 9.48 Å². The summed E-state index contributed by atoms with van der Waals surface area (Å²) in [5.41, 5.74) is 6.32. The quantitative estimate of drug-likeness (QED) is 0.727. The molecule has 1 N–H and O–H groups in total. The van der Waals surface area contributed by atoms with Crippen LogP contribution in [0.15, 0.2) is 36.4 Å². The minimum Gasteiger partial charge on any atom is -1.00 e. The van der Waals surface area contributed by atoms with E-state index < -0.39 is 5.72 Å². The van der Waals surface area contributed by atoms with E-state index in [0.29, 0.717) is 6.54 Å². The smallest absolute Gasteiger partial charge is 0.271 e. The van der Waals surface area contributed by atoms with Crippen LogP contribution in [0.5, 0.6) is 0 Å². The molecule has 4 heteroatoms. The summed E-state index contributed by atoms with van der Waals surface area (Å²) in [6.07, 6.45) is 3.36. The van der Waals surface area contributed by atoms with Crippen LogP contribution < -0.4 is 21.9 Å². The third kappa shape index (κ3) is 3.23. The highest BCUT2D eigenvalue weighted by Gasteiger charge is 2.53. The summed E-state index contributed by atoms with van der Waals surface area (Å²) in [6, 6.07) is 12.9. The Morgan fingerprint density at radius 2 is 1.78 bits per heavy atom. The lowest BCUT2D eigenvalue weighted by atomic mass is 9.95. The molecule has 0 fully saturated rings. The molecular weight excluding hydrogens is 400 g/mol. The third-order valence-corrected chi connectivity index (χ3v) is 6.16. The van der Waals surface area contributed by atoms with E-state index in [-0.39, 0.29) is 17.0 Å². The van der Waals surface area contributed by atoms with E-state index in [1.165, 1.54) is 40.2 Å². The summed E-state index contributed by atoms with van der Waals surface area (Å²) >= 11 is 0. The van der Waals surface area contributed by atoms with Gasteiger partial charge in [-0.3, -0.25) is 0 Å². The van der Waals surface area contributed by atoms with Crippen LogP contribution in [-0.4, -0.2) is 28.6 Å². The zero-order valence-corrected chi connectivity index (χ0v) is 18.3. The first kappa shape index (κ1) is 20.1. The van der Waals surface area contributed by atoms with Crippen LogP contribution in [0, 0.1) is 27.7 Å². The van der Waals surface area contributed by atoms with Gasteiger partial charge >= 0.3 is 0 Å². The number of hydrogen-bond donors (Lipinski definition) is 1. The molecule has 2 aromatic rings. The number of rotatable bonds is 2. The first-order chi connectivity index (χ1) is 12.4. The number of anilines is 1. The molecule has 0 amide bonds. The molecule has 0 saturated heterocycles.